The molecule has 24 heavy (non-hydrogen) atoms. The monoisotopic (exact) mass is 328 g/mol. The van der Waals surface area contributed by atoms with E-state index in [1.54, 1.807) is 0 Å². The van der Waals surface area contributed by atoms with Gasteiger partial charge in [0, 0.05) is 12.1 Å². The molecule has 1 fully saturated rings. The van der Waals surface area contributed by atoms with Crippen LogP contribution in [0.15, 0.2) is 47.3 Å². The van der Waals surface area contributed by atoms with Gasteiger partial charge in [0.2, 0.25) is 0 Å². The molecule has 0 radical (unpaired) electrons. The highest BCUT2D eigenvalue weighted by atomic mass is 16.2. The van der Waals surface area contributed by atoms with Crippen LogP contribution in [0.1, 0.15) is 28.5 Å². The van der Waals surface area contributed by atoms with E-state index in [0.717, 1.165) is 5.56 Å². The first-order valence-electron chi connectivity index (χ1n) is 7.35. The molecule has 2 amide bonds. The number of nitrogens with zero attached hydrogens (tertiary/aromatic N) is 1. The summed E-state index contributed by atoms with van der Waals surface area (Å²) in [6.07, 6.45) is 0.544. The van der Waals surface area contributed by atoms with Crippen molar-refractivity contribution in [1.29, 1.82) is 0 Å². The zero-order valence-electron chi connectivity index (χ0n) is 12.6. The van der Waals surface area contributed by atoms with Crippen molar-refractivity contribution in [3.05, 3.63) is 64.1 Å². The molecule has 1 aromatic carbocycles. The molecular formula is C15H16N6O3. The van der Waals surface area contributed by atoms with E-state index < -0.39 is 17.5 Å². The lowest BCUT2D eigenvalue weighted by atomic mass is 10.0. The van der Waals surface area contributed by atoms with E-state index >= 15 is 0 Å². The molecule has 0 saturated carbocycles. The number of aromatic nitrogens is 2. The van der Waals surface area contributed by atoms with Gasteiger partial charge in [-0.2, -0.15) is 5.10 Å². The van der Waals surface area contributed by atoms with Gasteiger partial charge in [-0.3, -0.25) is 25.2 Å². The fourth-order valence-corrected chi connectivity index (χ4v) is 2.37. The number of benzene rings is 1. The van der Waals surface area contributed by atoms with Crippen molar-refractivity contribution in [3.63, 3.8) is 0 Å². The number of aromatic amines is 1. The van der Waals surface area contributed by atoms with Gasteiger partial charge in [0.05, 0.1) is 0 Å². The molecule has 1 aliphatic rings. The van der Waals surface area contributed by atoms with Gasteiger partial charge in [-0.05, 0) is 18.1 Å². The van der Waals surface area contributed by atoms with Gasteiger partial charge >= 0.3 is 0 Å². The second-order valence-corrected chi connectivity index (χ2v) is 5.29. The number of amides is 2. The molecular weight excluding hydrogens is 312 g/mol. The zero-order valence-corrected chi connectivity index (χ0v) is 12.6. The summed E-state index contributed by atoms with van der Waals surface area (Å²) in [5.74, 6) is -0.996. The predicted octanol–water partition coefficient (Wildman–Crippen LogP) is -0.861. The van der Waals surface area contributed by atoms with Gasteiger partial charge < -0.3 is 0 Å². The molecule has 0 spiro atoms. The average Bonchev–Trinajstić information content (AvgIpc) is 3.11. The van der Waals surface area contributed by atoms with Crippen molar-refractivity contribution in [2.75, 3.05) is 0 Å². The van der Waals surface area contributed by atoms with Crippen LogP contribution in [0.3, 0.4) is 0 Å². The van der Waals surface area contributed by atoms with Crippen LogP contribution in [0.5, 0.6) is 0 Å². The van der Waals surface area contributed by atoms with E-state index in [0.29, 0.717) is 6.42 Å². The first kappa shape index (κ1) is 15.8. The Morgan fingerprint density at radius 3 is 2.54 bits per heavy atom. The van der Waals surface area contributed by atoms with Crippen molar-refractivity contribution < 1.29 is 9.59 Å². The zero-order chi connectivity index (χ0) is 16.9. The Morgan fingerprint density at radius 2 is 1.83 bits per heavy atom. The van der Waals surface area contributed by atoms with Crippen LogP contribution < -0.4 is 27.3 Å². The van der Waals surface area contributed by atoms with E-state index in [9.17, 15) is 14.4 Å². The summed E-state index contributed by atoms with van der Waals surface area (Å²) in [7, 11) is 0. The van der Waals surface area contributed by atoms with E-state index in [-0.39, 0.29) is 17.6 Å². The van der Waals surface area contributed by atoms with Crippen LogP contribution in [0.4, 0.5) is 0 Å². The molecule has 2 aromatic rings. The highest BCUT2D eigenvalue weighted by molar-refractivity contribution is 5.94. The summed E-state index contributed by atoms with van der Waals surface area (Å²) in [5, 5.41) is 5.72. The molecule has 2 atom stereocenters. The van der Waals surface area contributed by atoms with Crippen LogP contribution in [-0.2, 0) is 4.79 Å². The Balaban J connectivity index is 1.52. The van der Waals surface area contributed by atoms with Crippen molar-refractivity contribution in [2.45, 2.75) is 18.5 Å². The first-order valence-corrected chi connectivity index (χ1v) is 7.35. The summed E-state index contributed by atoms with van der Waals surface area (Å²) < 4.78 is 0. The van der Waals surface area contributed by atoms with Crippen molar-refractivity contribution in [1.82, 2.24) is 31.9 Å². The molecule has 9 heteroatoms. The number of carbonyl (C=O) groups is 2. The molecule has 124 valence electrons. The molecule has 3 rings (SSSR count). The van der Waals surface area contributed by atoms with Gasteiger partial charge in [-0.1, -0.05) is 30.3 Å². The third-order valence-electron chi connectivity index (χ3n) is 3.63. The highest BCUT2D eigenvalue weighted by Crippen LogP contribution is 2.21. The summed E-state index contributed by atoms with van der Waals surface area (Å²) in [4.78, 5) is 34.8. The highest BCUT2D eigenvalue weighted by Gasteiger charge is 2.30. The third kappa shape index (κ3) is 3.65. The Kier molecular flexibility index (Phi) is 4.64. The normalized spacial score (nSPS) is 19.7. The van der Waals surface area contributed by atoms with Crippen molar-refractivity contribution in [2.24, 2.45) is 0 Å². The van der Waals surface area contributed by atoms with E-state index in [4.69, 9.17) is 0 Å². The average molecular weight is 328 g/mol. The van der Waals surface area contributed by atoms with Crippen molar-refractivity contribution in [3.8, 4) is 0 Å². The van der Waals surface area contributed by atoms with E-state index in [1.807, 2.05) is 30.3 Å². The largest absolute Gasteiger partial charge is 0.290 e. The Bertz CT molecular complexity index is 771. The lowest BCUT2D eigenvalue weighted by Crippen LogP contribution is -2.50. The maximum absolute atomic E-state index is 12.1. The minimum atomic E-state index is -0.620. The van der Waals surface area contributed by atoms with E-state index in [1.165, 1.54) is 12.1 Å². The molecule has 1 aliphatic heterocycles. The van der Waals surface area contributed by atoms with Crippen LogP contribution in [0.25, 0.3) is 0 Å². The van der Waals surface area contributed by atoms with E-state index in [2.05, 4.69) is 31.9 Å². The van der Waals surface area contributed by atoms with Gasteiger partial charge in [-0.15, -0.1) is 0 Å². The third-order valence-corrected chi connectivity index (χ3v) is 3.63. The molecule has 1 saturated heterocycles. The SMILES string of the molecule is O=C(NNC(=O)C1CC(c2ccccc2)NN1)c1ccc(=O)[nH]n1. The molecule has 9 nitrogen and oxygen atoms in total. The Hall–Kier alpha value is -3.04. The quantitative estimate of drug-likeness (QED) is 0.466. The molecule has 1 aromatic heterocycles. The van der Waals surface area contributed by atoms with Gasteiger partial charge in [0.25, 0.3) is 17.4 Å². The number of rotatable bonds is 3. The summed E-state index contributed by atoms with van der Waals surface area (Å²) in [6.45, 7) is 0. The second-order valence-electron chi connectivity index (χ2n) is 5.29. The predicted molar refractivity (Wildman–Crippen MR) is 84.3 cm³/mol. The first-order chi connectivity index (χ1) is 11.6. The summed E-state index contributed by atoms with van der Waals surface area (Å²) >= 11 is 0. The fourth-order valence-electron chi connectivity index (χ4n) is 2.37. The van der Waals surface area contributed by atoms with Crippen LogP contribution in [0, 0.1) is 0 Å². The second kappa shape index (κ2) is 7.02. The number of hydrogen-bond acceptors (Lipinski definition) is 6. The van der Waals surface area contributed by atoms with Gasteiger partial charge in [-0.25, -0.2) is 16.0 Å². The summed E-state index contributed by atoms with van der Waals surface area (Å²) in [5.41, 5.74) is 11.2. The smallest absolute Gasteiger partial charge is 0.271 e. The van der Waals surface area contributed by atoms with Gasteiger partial charge in [0.15, 0.2) is 5.69 Å². The molecule has 0 bridgehead atoms. The Labute approximate surface area is 136 Å². The van der Waals surface area contributed by atoms with Crippen LogP contribution >= 0.6 is 0 Å². The fraction of sp³-hybridized carbons (Fsp3) is 0.200. The maximum Gasteiger partial charge on any atom is 0.290 e. The topological polar surface area (TPSA) is 128 Å². The lowest BCUT2D eigenvalue weighted by Gasteiger charge is -2.11. The number of hydrazine groups is 2. The number of carbonyl (C=O) groups excluding carboxylic acids is 2. The minimum absolute atomic E-state index is 0.00503. The number of nitrogens with one attached hydrogen (secondary N) is 5. The number of H-pyrrole nitrogens is 1. The van der Waals surface area contributed by atoms with Crippen molar-refractivity contribution >= 4 is 11.8 Å². The molecule has 5 N–H and O–H groups in total. The molecule has 2 heterocycles. The number of hydrogen-bond donors (Lipinski definition) is 5. The standard InChI is InChI=1S/C15H16N6O3/c22-13-7-6-10(16-19-13)14(23)20-21-15(24)12-8-11(17-18-12)9-4-2-1-3-5-9/h1-7,11-12,17-18H,8H2,(H,19,22)(H,20,23)(H,21,24). The maximum atomic E-state index is 12.1. The molecule has 2 unspecified atom stereocenters. The lowest BCUT2D eigenvalue weighted by molar-refractivity contribution is -0.123. The van der Waals surface area contributed by atoms with Gasteiger partial charge in [0.1, 0.15) is 6.04 Å². The van der Waals surface area contributed by atoms with Crippen LogP contribution in [-0.4, -0.2) is 28.1 Å². The minimum Gasteiger partial charge on any atom is -0.271 e. The summed E-state index contributed by atoms with van der Waals surface area (Å²) in [6, 6.07) is 11.7. The molecule has 0 aliphatic carbocycles. The Morgan fingerprint density at radius 1 is 1.04 bits per heavy atom. The van der Waals surface area contributed by atoms with Crippen LogP contribution in [0.2, 0.25) is 0 Å².